The molecule has 0 aliphatic heterocycles. The van der Waals surface area contributed by atoms with Crippen LogP contribution in [0.5, 0.6) is 11.5 Å². The van der Waals surface area contributed by atoms with Crippen LogP contribution in [0.15, 0.2) is 41.0 Å². The van der Waals surface area contributed by atoms with Crippen LogP contribution in [0.1, 0.15) is 0 Å². The Morgan fingerprint density at radius 3 is 2.65 bits per heavy atom. The second-order valence-electron chi connectivity index (χ2n) is 4.23. The average Bonchev–Trinajstić information content (AvgIpc) is 2.87. The number of nitrogen functional groups attached to an aromatic ring is 1. The van der Waals surface area contributed by atoms with E-state index in [0.717, 1.165) is 5.39 Å². The van der Waals surface area contributed by atoms with Gasteiger partial charge in [-0.05, 0) is 34.1 Å². The summed E-state index contributed by atoms with van der Waals surface area (Å²) in [6.07, 6.45) is 1.70. The summed E-state index contributed by atoms with van der Waals surface area (Å²) in [7, 11) is 0. The molecule has 3 aromatic rings. The highest BCUT2D eigenvalue weighted by molar-refractivity contribution is 9.10. The first-order chi connectivity index (χ1) is 9.56. The van der Waals surface area contributed by atoms with E-state index in [-0.39, 0.29) is 17.2 Å². The van der Waals surface area contributed by atoms with Gasteiger partial charge < -0.3 is 15.5 Å². The van der Waals surface area contributed by atoms with E-state index < -0.39 is 11.6 Å². The second-order valence-corrected chi connectivity index (χ2v) is 5.02. The molecule has 0 aliphatic carbocycles. The number of anilines is 1. The maximum atomic E-state index is 14.0. The molecular weight excluding hydrogens is 330 g/mol. The van der Waals surface area contributed by atoms with Crippen LogP contribution in [0.2, 0.25) is 0 Å². The fraction of sp³-hybridized carbons (Fsp3) is 0. The number of halogens is 3. The Kier molecular flexibility index (Phi) is 3.10. The normalized spacial score (nSPS) is 10.9. The van der Waals surface area contributed by atoms with Gasteiger partial charge in [0.25, 0.3) is 0 Å². The molecule has 2 aromatic carbocycles. The smallest absolute Gasteiger partial charge is 0.177 e. The third-order valence-corrected chi connectivity index (χ3v) is 3.68. The van der Waals surface area contributed by atoms with E-state index in [1.54, 1.807) is 12.3 Å². The van der Waals surface area contributed by atoms with Crippen molar-refractivity contribution in [2.45, 2.75) is 0 Å². The number of aromatic amines is 1. The van der Waals surface area contributed by atoms with Gasteiger partial charge in [-0.1, -0.05) is 0 Å². The lowest BCUT2D eigenvalue weighted by Crippen LogP contribution is -1.94. The number of rotatable bonds is 2. The predicted octanol–water partition coefficient (Wildman–Crippen LogP) is 4.58. The number of nitrogens with two attached hydrogens (primary N) is 1. The SMILES string of the molecule is Nc1cc(Oc2c(F)cc3[nH]ccc3c2Br)ccc1F. The van der Waals surface area contributed by atoms with Gasteiger partial charge in [0.1, 0.15) is 11.6 Å². The van der Waals surface area contributed by atoms with Crippen molar-refractivity contribution in [3.05, 3.63) is 52.6 Å². The second kappa shape index (κ2) is 4.79. The van der Waals surface area contributed by atoms with E-state index in [4.69, 9.17) is 10.5 Å². The molecule has 102 valence electrons. The van der Waals surface area contributed by atoms with Crippen molar-refractivity contribution >= 4 is 32.5 Å². The highest BCUT2D eigenvalue weighted by Gasteiger charge is 2.15. The third-order valence-electron chi connectivity index (χ3n) is 2.89. The molecule has 0 saturated heterocycles. The van der Waals surface area contributed by atoms with Crippen LogP contribution < -0.4 is 10.5 Å². The van der Waals surface area contributed by atoms with Gasteiger partial charge in [-0.3, -0.25) is 0 Å². The van der Waals surface area contributed by atoms with Gasteiger partial charge in [0.15, 0.2) is 11.6 Å². The van der Waals surface area contributed by atoms with Gasteiger partial charge in [0, 0.05) is 29.2 Å². The Hall–Kier alpha value is -2.08. The van der Waals surface area contributed by atoms with Crippen molar-refractivity contribution in [3.63, 3.8) is 0 Å². The molecule has 0 spiro atoms. The van der Waals surface area contributed by atoms with Crippen LogP contribution in [0.3, 0.4) is 0 Å². The quantitative estimate of drug-likeness (QED) is 0.672. The maximum absolute atomic E-state index is 14.0. The number of H-pyrrole nitrogens is 1. The minimum absolute atomic E-state index is 0.0307. The molecule has 20 heavy (non-hydrogen) atoms. The summed E-state index contributed by atoms with van der Waals surface area (Å²) in [4.78, 5) is 2.91. The Bertz CT molecular complexity index is 801. The standard InChI is InChI=1S/C14H9BrF2N2O/c15-13-8-3-4-19-12(8)6-10(17)14(13)20-7-1-2-9(16)11(18)5-7/h1-6,19H,18H2. The topological polar surface area (TPSA) is 51.0 Å². The first kappa shape index (κ1) is 12.9. The summed E-state index contributed by atoms with van der Waals surface area (Å²) in [6.45, 7) is 0. The Morgan fingerprint density at radius 2 is 1.90 bits per heavy atom. The predicted molar refractivity (Wildman–Crippen MR) is 76.8 cm³/mol. The van der Waals surface area contributed by atoms with Crippen molar-refractivity contribution in [3.8, 4) is 11.5 Å². The van der Waals surface area contributed by atoms with Crippen LogP contribution in [0.4, 0.5) is 14.5 Å². The average molecular weight is 339 g/mol. The molecular formula is C14H9BrF2N2O. The Morgan fingerprint density at radius 1 is 1.10 bits per heavy atom. The first-order valence-corrected chi connectivity index (χ1v) is 6.53. The van der Waals surface area contributed by atoms with E-state index in [9.17, 15) is 8.78 Å². The molecule has 0 saturated carbocycles. The fourth-order valence-electron chi connectivity index (χ4n) is 1.91. The van der Waals surface area contributed by atoms with Gasteiger partial charge in [-0.2, -0.15) is 0 Å². The van der Waals surface area contributed by atoms with Gasteiger partial charge in [0.05, 0.1) is 10.2 Å². The molecule has 0 bridgehead atoms. The van der Waals surface area contributed by atoms with Crippen LogP contribution in [0.25, 0.3) is 10.9 Å². The van der Waals surface area contributed by atoms with E-state index in [1.165, 1.54) is 24.3 Å². The van der Waals surface area contributed by atoms with Crippen LogP contribution >= 0.6 is 15.9 Å². The number of fused-ring (bicyclic) bond motifs is 1. The first-order valence-electron chi connectivity index (χ1n) is 5.74. The van der Waals surface area contributed by atoms with Crippen molar-refractivity contribution in [2.24, 2.45) is 0 Å². The van der Waals surface area contributed by atoms with Crippen LogP contribution in [-0.2, 0) is 0 Å². The monoisotopic (exact) mass is 338 g/mol. The molecule has 1 aromatic heterocycles. The van der Waals surface area contributed by atoms with E-state index in [0.29, 0.717) is 9.99 Å². The fourth-order valence-corrected chi connectivity index (χ4v) is 2.53. The van der Waals surface area contributed by atoms with E-state index >= 15 is 0 Å². The molecule has 6 heteroatoms. The summed E-state index contributed by atoms with van der Waals surface area (Å²) < 4.78 is 33.1. The van der Waals surface area contributed by atoms with Crippen molar-refractivity contribution in [1.29, 1.82) is 0 Å². The molecule has 3 nitrogen and oxygen atoms in total. The van der Waals surface area contributed by atoms with Gasteiger partial charge in [0.2, 0.25) is 0 Å². The van der Waals surface area contributed by atoms with E-state index in [1.807, 2.05) is 0 Å². The molecule has 3 rings (SSSR count). The summed E-state index contributed by atoms with van der Waals surface area (Å²) >= 11 is 3.31. The van der Waals surface area contributed by atoms with Gasteiger partial charge in [-0.15, -0.1) is 0 Å². The lowest BCUT2D eigenvalue weighted by Gasteiger charge is -2.10. The minimum Gasteiger partial charge on any atom is -0.453 e. The summed E-state index contributed by atoms with van der Waals surface area (Å²) in [5.74, 6) is -0.783. The largest absolute Gasteiger partial charge is 0.453 e. The molecule has 0 fully saturated rings. The van der Waals surface area contributed by atoms with Crippen LogP contribution in [-0.4, -0.2) is 4.98 Å². The molecule has 0 aliphatic rings. The molecule has 0 radical (unpaired) electrons. The number of aromatic nitrogens is 1. The lowest BCUT2D eigenvalue weighted by molar-refractivity contribution is 0.440. The Labute approximate surface area is 121 Å². The third kappa shape index (κ3) is 2.12. The van der Waals surface area contributed by atoms with Crippen LogP contribution in [0, 0.1) is 11.6 Å². The lowest BCUT2D eigenvalue weighted by atomic mass is 10.2. The zero-order valence-corrected chi connectivity index (χ0v) is 11.7. The number of benzene rings is 2. The van der Waals surface area contributed by atoms with Gasteiger partial charge >= 0.3 is 0 Å². The minimum atomic E-state index is -0.544. The molecule has 1 heterocycles. The molecule has 0 atom stereocenters. The molecule has 0 amide bonds. The highest BCUT2D eigenvalue weighted by Crippen LogP contribution is 2.38. The number of nitrogens with one attached hydrogen (secondary N) is 1. The Balaban J connectivity index is 2.07. The summed E-state index contributed by atoms with van der Waals surface area (Å²) in [5.41, 5.74) is 6.06. The zero-order chi connectivity index (χ0) is 14.3. The number of hydrogen-bond donors (Lipinski definition) is 2. The number of ether oxygens (including phenoxy) is 1. The van der Waals surface area contributed by atoms with Crippen molar-refractivity contribution in [1.82, 2.24) is 4.98 Å². The number of hydrogen-bond acceptors (Lipinski definition) is 2. The summed E-state index contributed by atoms with van der Waals surface area (Å²) in [5, 5.41) is 0.788. The zero-order valence-electron chi connectivity index (χ0n) is 10.1. The van der Waals surface area contributed by atoms with Crippen molar-refractivity contribution < 1.29 is 13.5 Å². The summed E-state index contributed by atoms with van der Waals surface area (Å²) in [6, 6.07) is 7.00. The van der Waals surface area contributed by atoms with Crippen molar-refractivity contribution in [2.75, 3.05) is 5.73 Å². The maximum Gasteiger partial charge on any atom is 0.177 e. The molecule has 0 unspecified atom stereocenters. The van der Waals surface area contributed by atoms with E-state index in [2.05, 4.69) is 20.9 Å². The molecule has 3 N–H and O–H groups in total. The van der Waals surface area contributed by atoms with Gasteiger partial charge in [-0.25, -0.2) is 8.78 Å². The highest BCUT2D eigenvalue weighted by atomic mass is 79.9.